The van der Waals surface area contributed by atoms with Gasteiger partial charge in [-0.05, 0) is 57.4 Å². The third-order valence-electron chi connectivity index (χ3n) is 5.82. The van der Waals surface area contributed by atoms with Crippen molar-refractivity contribution in [2.45, 2.75) is 59.2 Å². The zero-order valence-electron chi connectivity index (χ0n) is 23.0. The number of hydrogen-bond donors (Lipinski definition) is 1. The minimum absolute atomic E-state index is 0.152. The van der Waals surface area contributed by atoms with Crippen molar-refractivity contribution >= 4 is 27.5 Å². The van der Waals surface area contributed by atoms with Crippen molar-refractivity contribution in [3.8, 4) is 11.5 Å². The first kappa shape index (κ1) is 30.0. The van der Waals surface area contributed by atoms with E-state index in [9.17, 15) is 18.0 Å². The molecule has 9 nitrogen and oxygen atoms in total. The van der Waals surface area contributed by atoms with E-state index in [0.717, 1.165) is 21.7 Å². The molecule has 0 saturated heterocycles. The molecule has 0 bridgehead atoms. The predicted octanol–water partition coefficient (Wildman–Crippen LogP) is 3.50. The lowest BCUT2D eigenvalue weighted by Crippen LogP contribution is -2.55. The SMILES string of the molecule is CC[C@@H](C(=O)NC(C)(C)C)N(Cc1ccccc1C)C(=O)CN(c1ccc(OC)cc1OC)S(C)(=O)=O. The van der Waals surface area contributed by atoms with Crippen LogP contribution >= 0.6 is 0 Å². The van der Waals surface area contributed by atoms with Gasteiger partial charge in [0.2, 0.25) is 21.8 Å². The van der Waals surface area contributed by atoms with Crippen molar-refractivity contribution in [2.24, 2.45) is 0 Å². The number of carbonyl (C=O) groups excluding carboxylic acids is 2. The molecule has 1 atom stereocenters. The van der Waals surface area contributed by atoms with Crippen LogP contribution in [0.3, 0.4) is 0 Å². The van der Waals surface area contributed by atoms with Gasteiger partial charge in [0.15, 0.2) is 0 Å². The Morgan fingerprint density at radius 1 is 1.05 bits per heavy atom. The highest BCUT2D eigenvalue weighted by molar-refractivity contribution is 7.92. The van der Waals surface area contributed by atoms with Crippen molar-refractivity contribution < 1.29 is 27.5 Å². The molecule has 0 aliphatic carbocycles. The van der Waals surface area contributed by atoms with Crippen molar-refractivity contribution in [3.63, 3.8) is 0 Å². The number of methoxy groups -OCH3 is 2. The Bertz CT molecular complexity index is 1210. The lowest BCUT2D eigenvalue weighted by Gasteiger charge is -2.35. The molecular formula is C27H39N3O6S. The lowest BCUT2D eigenvalue weighted by molar-refractivity contribution is -0.141. The quantitative estimate of drug-likeness (QED) is 0.474. The molecule has 204 valence electrons. The molecule has 0 saturated carbocycles. The number of carbonyl (C=O) groups is 2. The zero-order chi connectivity index (χ0) is 28.0. The molecule has 2 rings (SSSR count). The molecule has 2 aromatic carbocycles. The van der Waals surface area contributed by atoms with Crippen LogP contribution in [0.4, 0.5) is 5.69 Å². The number of sulfonamides is 1. The van der Waals surface area contributed by atoms with Crippen LogP contribution in [-0.4, -0.2) is 63.7 Å². The first-order chi connectivity index (χ1) is 17.2. The molecule has 2 amide bonds. The average molecular weight is 534 g/mol. The molecule has 0 fully saturated rings. The summed E-state index contributed by atoms with van der Waals surface area (Å²) in [4.78, 5) is 28.6. The lowest BCUT2D eigenvalue weighted by atomic mass is 10.0. The van der Waals surface area contributed by atoms with Gasteiger partial charge in [0, 0.05) is 18.2 Å². The van der Waals surface area contributed by atoms with Crippen molar-refractivity contribution in [1.82, 2.24) is 10.2 Å². The summed E-state index contributed by atoms with van der Waals surface area (Å²) < 4.78 is 37.4. The first-order valence-electron chi connectivity index (χ1n) is 12.1. The van der Waals surface area contributed by atoms with E-state index in [1.165, 1.54) is 25.2 Å². The number of benzene rings is 2. The van der Waals surface area contributed by atoms with Crippen molar-refractivity contribution in [2.75, 3.05) is 31.3 Å². The fourth-order valence-electron chi connectivity index (χ4n) is 3.93. The van der Waals surface area contributed by atoms with Crippen LogP contribution in [0.25, 0.3) is 0 Å². The molecule has 0 unspecified atom stereocenters. The number of rotatable bonds is 11. The van der Waals surface area contributed by atoms with Gasteiger partial charge in [-0.15, -0.1) is 0 Å². The van der Waals surface area contributed by atoms with Gasteiger partial charge in [-0.2, -0.15) is 0 Å². The molecule has 0 spiro atoms. The minimum Gasteiger partial charge on any atom is -0.497 e. The second-order valence-electron chi connectivity index (χ2n) is 9.92. The molecule has 1 N–H and O–H groups in total. The summed E-state index contributed by atoms with van der Waals surface area (Å²) in [5, 5.41) is 2.95. The van der Waals surface area contributed by atoms with Crippen LogP contribution < -0.4 is 19.1 Å². The first-order valence-corrected chi connectivity index (χ1v) is 13.9. The van der Waals surface area contributed by atoms with Gasteiger partial charge in [0.25, 0.3) is 0 Å². The highest BCUT2D eigenvalue weighted by Crippen LogP contribution is 2.33. The Labute approximate surface area is 220 Å². The maximum Gasteiger partial charge on any atom is 0.244 e. The second-order valence-corrected chi connectivity index (χ2v) is 11.8. The maximum absolute atomic E-state index is 13.9. The van der Waals surface area contributed by atoms with Crippen LogP contribution in [0.1, 0.15) is 45.2 Å². The predicted molar refractivity (Wildman–Crippen MR) is 145 cm³/mol. The molecular weight excluding hydrogens is 494 g/mol. The summed E-state index contributed by atoms with van der Waals surface area (Å²) in [6.07, 6.45) is 1.38. The smallest absolute Gasteiger partial charge is 0.244 e. The normalized spacial score (nSPS) is 12.4. The molecule has 10 heteroatoms. The van der Waals surface area contributed by atoms with Crippen molar-refractivity contribution in [1.29, 1.82) is 0 Å². The fourth-order valence-corrected chi connectivity index (χ4v) is 4.78. The molecule has 0 radical (unpaired) electrons. The Kier molecular flexibility index (Phi) is 9.97. The van der Waals surface area contributed by atoms with Gasteiger partial charge >= 0.3 is 0 Å². The van der Waals surface area contributed by atoms with Gasteiger partial charge in [0.1, 0.15) is 24.1 Å². The van der Waals surface area contributed by atoms with Gasteiger partial charge in [-0.1, -0.05) is 31.2 Å². The summed E-state index contributed by atoms with van der Waals surface area (Å²) in [6.45, 7) is 9.00. The van der Waals surface area contributed by atoms with Crippen LogP contribution in [0, 0.1) is 6.92 Å². The Hall–Kier alpha value is -3.27. The van der Waals surface area contributed by atoms with E-state index in [4.69, 9.17) is 9.47 Å². The highest BCUT2D eigenvalue weighted by Gasteiger charge is 2.34. The summed E-state index contributed by atoms with van der Waals surface area (Å²) >= 11 is 0. The summed E-state index contributed by atoms with van der Waals surface area (Å²) in [5.74, 6) is -0.0978. The summed E-state index contributed by atoms with van der Waals surface area (Å²) in [6, 6.07) is 11.5. The average Bonchev–Trinajstić information content (AvgIpc) is 2.81. The topological polar surface area (TPSA) is 105 Å². The number of amides is 2. The van der Waals surface area contributed by atoms with E-state index in [1.807, 2.05) is 58.9 Å². The summed E-state index contributed by atoms with van der Waals surface area (Å²) in [5.41, 5.74) is 1.52. The third kappa shape index (κ3) is 8.11. The number of hydrogen-bond acceptors (Lipinski definition) is 6. The maximum atomic E-state index is 13.9. The van der Waals surface area contributed by atoms with Crippen LogP contribution in [0.2, 0.25) is 0 Å². The standard InChI is InChI=1S/C27H39N3O6S/c1-9-22(26(32)28-27(3,4)5)29(17-20-13-11-10-12-19(20)2)25(31)18-30(37(8,33)34)23-15-14-21(35-6)16-24(23)36-7/h10-16,22H,9,17-18H2,1-8H3,(H,28,32)/t22-/m0/s1. The molecule has 0 aromatic heterocycles. The fraction of sp³-hybridized carbons (Fsp3) is 0.481. The van der Waals surface area contributed by atoms with Crippen LogP contribution in [0.5, 0.6) is 11.5 Å². The second kappa shape index (κ2) is 12.3. The number of nitrogens with one attached hydrogen (secondary N) is 1. The Morgan fingerprint density at radius 3 is 2.22 bits per heavy atom. The highest BCUT2D eigenvalue weighted by atomic mass is 32.2. The van der Waals surface area contributed by atoms with E-state index >= 15 is 0 Å². The van der Waals surface area contributed by atoms with Crippen LogP contribution in [-0.2, 0) is 26.2 Å². The number of ether oxygens (including phenoxy) is 2. The van der Waals surface area contributed by atoms with E-state index < -0.39 is 34.1 Å². The Morgan fingerprint density at radius 2 is 1.70 bits per heavy atom. The van der Waals surface area contributed by atoms with Gasteiger partial charge in [-0.25, -0.2) is 8.42 Å². The van der Waals surface area contributed by atoms with Gasteiger partial charge in [-0.3, -0.25) is 13.9 Å². The number of nitrogens with zero attached hydrogens (tertiary/aromatic N) is 2. The molecule has 0 aliphatic rings. The van der Waals surface area contributed by atoms with E-state index in [-0.39, 0.29) is 23.9 Å². The number of anilines is 1. The van der Waals surface area contributed by atoms with E-state index in [2.05, 4.69) is 5.32 Å². The van der Waals surface area contributed by atoms with E-state index in [1.54, 1.807) is 12.1 Å². The van der Waals surface area contributed by atoms with E-state index in [0.29, 0.717) is 12.2 Å². The molecule has 0 heterocycles. The zero-order valence-corrected chi connectivity index (χ0v) is 23.8. The monoisotopic (exact) mass is 533 g/mol. The minimum atomic E-state index is -3.90. The van der Waals surface area contributed by atoms with Crippen LogP contribution in [0.15, 0.2) is 42.5 Å². The molecule has 0 aliphatic heterocycles. The largest absolute Gasteiger partial charge is 0.497 e. The third-order valence-corrected chi connectivity index (χ3v) is 6.95. The van der Waals surface area contributed by atoms with Gasteiger partial charge < -0.3 is 19.7 Å². The van der Waals surface area contributed by atoms with Gasteiger partial charge in [0.05, 0.1) is 26.2 Å². The molecule has 37 heavy (non-hydrogen) atoms. The summed E-state index contributed by atoms with van der Waals surface area (Å²) in [7, 11) is -0.996. The number of aryl methyl sites for hydroxylation is 1. The molecule has 2 aromatic rings. The Balaban J connectivity index is 2.54. The van der Waals surface area contributed by atoms with Crippen molar-refractivity contribution in [3.05, 3.63) is 53.6 Å².